The molecular weight excluding hydrogens is 302 g/mol. The molecule has 2 fully saturated rings. The Balaban J connectivity index is 1.42. The van der Waals surface area contributed by atoms with Crippen molar-refractivity contribution in [2.24, 2.45) is 17.8 Å². The van der Waals surface area contributed by atoms with Gasteiger partial charge in [-0.2, -0.15) is 11.8 Å². The van der Waals surface area contributed by atoms with Gasteiger partial charge in [0, 0.05) is 30.0 Å². The Morgan fingerprint density at radius 3 is 2.78 bits per heavy atom. The number of allylic oxidation sites excluding steroid dienone is 2. The molecule has 122 valence electrons. The zero-order chi connectivity index (χ0) is 15.8. The van der Waals surface area contributed by atoms with Gasteiger partial charge in [0.05, 0.1) is 0 Å². The van der Waals surface area contributed by atoms with Crippen LogP contribution >= 0.6 is 11.8 Å². The van der Waals surface area contributed by atoms with Gasteiger partial charge in [0.15, 0.2) is 0 Å². The molecule has 1 heterocycles. The topological polar surface area (TPSA) is 20.3 Å². The van der Waals surface area contributed by atoms with Gasteiger partial charge in [0.25, 0.3) is 0 Å². The normalized spacial score (nSPS) is 33.0. The maximum Gasteiger partial charge on any atom is 0.226 e. The zero-order valence-electron chi connectivity index (χ0n) is 13.8. The van der Waals surface area contributed by atoms with Crippen LogP contribution in [0.25, 0.3) is 0 Å². The molecule has 0 spiro atoms. The van der Waals surface area contributed by atoms with Crippen molar-refractivity contribution in [3.8, 4) is 0 Å². The van der Waals surface area contributed by atoms with Gasteiger partial charge in [0.1, 0.15) is 0 Å². The molecule has 0 aromatic heterocycles. The average molecular weight is 327 g/mol. The van der Waals surface area contributed by atoms with Crippen molar-refractivity contribution in [3.63, 3.8) is 0 Å². The third-order valence-electron chi connectivity index (χ3n) is 5.78. The fraction of sp³-hybridized carbons (Fsp3) is 0.550. The molecule has 3 aliphatic rings. The average Bonchev–Trinajstić information content (AvgIpc) is 3.11. The number of hydrogen-bond acceptors (Lipinski definition) is 2. The van der Waals surface area contributed by atoms with Gasteiger partial charge in [-0.05, 0) is 49.1 Å². The molecule has 4 rings (SSSR count). The highest BCUT2D eigenvalue weighted by Crippen LogP contribution is 2.44. The second-order valence-corrected chi connectivity index (χ2v) is 8.53. The summed E-state index contributed by atoms with van der Waals surface area (Å²) < 4.78 is 0. The van der Waals surface area contributed by atoms with E-state index in [-0.39, 0.29) is 5.92 Å². The second-order valence-electron chi connectivity index (χ2n) is 7.22. The summed E-state index contributed by atoms with van der Waals surface area (Å²) in [6, 6.07) is 8.70. The summed E-state index contributed by atoms with van der Waals surface area (Å²) in [5.74, 6) is 2.95. The molecule has 1 aromatic rings. The predicted octanol–water partition coefficient (Wildman–Crippen LogP) is 4.21. The molecule has 23 heavy (non-hydrogen) atoms. The van der Waals surface area contributed by atoms with Crippen LogP contribution in [-0.2, 0) is 4.79 Å². The Labute approximate surface area is 143 Å². The minimum atomic E-state index is 0.269. The van der Waals surface area contributed by atoms with Crippen LogP contribution in [-0.4, -0.2) is 29.6 Å². The number of aryl methyl sites for hydroxylation is 1. The largest absolute Gasteiger partial charge is 0.342 e. The number of carbonyl (C=O) groups is 1. The van der Waals surface area contributed by atoms with Gasteiger partial charge in [-0.3, -0.25) is 4.79 Å². The molecule has 2 nitrogen and oxygen atoms in total. The van der Waals surface area contributed by atoms with Crippen LogP contribution in [0.4, 0.5) is 0 Å². The number of amides is 1. The second kappa shape index (κ2) is 6.35. The Morgan fingerprint density at radius 2 is 2.04 bits per heavy atom. The summed E-state index contributed by atoms with van der Waals surface area (Å²) in [5, 5.41) is 0.536. The third-order valence-corrected chi connectivity index (χ3v) is 7.09. The van der Waals surface area contributed by atoms with Crippen molar-refractivity contribution in [2.75, 3.05) is 18.8 Å². The summed E-state index contributed by atoms with van der Waals surface area (Å²) >= 11 is 2.02. The Bertz CT molecular complexity index is 626. The molecule has 1 saturated carbocycles. The lowest BCUT2D eigenvalue weighted by Crippen LogP contribution is -2.39. The highest BCUT2D eigenvalue weighted by molar-refractivity contribution is 7.99. The van der Waals surface area contributed by atoms with Crippen LogP contribution in [0.2, 0.25) is 0 Å². The summed E-state index contributed by atoms with van der Waals surface area (Å²) in [4.78, 5) is 15.1. The van der Waals surface area contributed by atoms with Gasteiger partial charge in [-0.25, -0.2) is 0 Å². The number of thioether (sulfide) groups is 1. The predicted molar refractivity (Wildman–Crippen MR) is 96.4 cm³/mol. The minimum Gasteiger partial charge on any atom is -0.342 e. The van der Waals surface area contributed by atoms with E-state index in [2.05, 4.69) is 48.2 Å². The van der Waals surface area contributed by atoms with E-state index in [0.29, 0.717) is 23.0 Å². The summed E-state index contributed by atoms with van der Waals surface area (Å²) in [7, 11) is 0. The first kappa shape index (κ1) is 15.3. The van der Waals surface area contributed by atoms with Gasteiger partial charge >= 0.3 is 0 Å². The Kier molecular flexibility index (Phi) is 4.23. The maximum atomic E-state index is 12.9. The lowest BCUT2D eigenvalue weighted by atomic mass is 9.92. The molecule has 3 heteroatoms. The molecule has 4 unspecified atom stereocenters. The fourth-order valence-electron chi connectivity index (χ4n) is 4.49. The van der Waals surface area contributed by atoms with Crippen LogP contribution in [0.1, 0.15) is 35.6 Å². The van der Waals surface area contributed by atoms with E-state index in [1.807, 2.05) is 11.8 Å². The Hall–Kier alpha value is -1.22. The van der Waals surface area contributed by atoms with Crippen LogP contribution in [0, 0.1) is 24.7 Å². The van der Waals surface area contributed by atoms with E-state index >= 15 is 0 Å². The maximum absolute atomic E-state index is 12.9. The number of rotatable bonds is 2. The first-order valence-electron chi connectivity index (χ1n) is 8.86. The monoisotopic (exact) mass is 327 g/mol. The van der Waals surface area contributed by atoms with Gasteiger partial charge < -0.3 is 4.90 Å². The van der Waals surface area contributed by atoms with Crippen molar-refractivity contribution in [1.82, 2.24) is 4.90 Å². The summed E-state index contributed by atoms with van der Waals surface area (Å²) in [6.07, 6.45) is 7.99. The molecule has 1 aromatic carbocycles. The van der Waals surface area contributed by atoms with Gasteiger partial charge in [-0.15, -0.1) is 0 Å². The lowest BCUT2D eigenvalue weighted by molar-refractivity contribution is -0.136. The van der Waals surface area contributed by atoms with E-state index in [1.165, 1.54) is 17.5 Å². The number of carbonyl (C=O) groups excluding carboxylic acids is 1. The van der Waals surface area contributed by atoms with Crippen molar-refractivity contribution in [3.05, 3.63) is 47.5 Å². The van der Waals surface area contributed by atoms with Crippen LogP contribution in [0.15, 0.2) is 36.4 Å². The van der Waals surface area contributed by atoms with E-state index in [0.717, 1.165) is 31.7 Å². The molecule has 4 atom stereocenters. The van der Waals surface area contributed by atoms with E-state index in [9.17, 15) is 4.79 Å². The summed E-state index contributed by atoms with van der Waals surface area (Å²) in [5.41, 5.74) is 2.83. The highest BCUT2D eigenvalue weighted by Gasteiger charge is 2.41. The molecule has 1 amide bonds. The van der Waals surface area contributed by atoms with E-state index in [1.54, 1.807) is 0 Å². The SMILES string of the molecule is Cc1ccccc1C1CCN(C(=O)C2CC3C=CC2C3)CCS1. The van der Waals surface area contributed by atoms with Crippen molar-refractivity contribution in [1.29, 1.82) is 0 Å². The molecule has 1 aliphatic heterocycles. The fourth-order valence-corrected chi connectivity index (χ4v) is 5.81. The molecular formula is C20H25NOS. The molecule has 0 N–H and O–H groups in total. The number of benzene rings is 1. The number of hydrogen-bond donors (Lipinski definition) is 0. The van der Waals surface area contributed by atoms with E-state index in [4.69, 9.17) is 0 Å². The Morgan fingerprint density at radius 1 is 1.17 bits per heavy atom. The molecule has 0 radical (unpaired) electrons. The highest BCUT2D eigenvalue weighted by atomic mass is 32.2. The minimum absolute atomic E-state index is 0.269. The van der Waals surface area contributed by atoms with Crippen molar-refractivity contribution >= 4 is 17.7 Å². The quantitative estimate of drug-likeness (QED) is 0.758. The molecule has 2 aliphatic carbocycles. The molecule has 1 saturated heterocycles. The molecule has 2 bridgehead atoms. The van der Waals surface area contributed by atoms with Crippen molar-refractivity contribution in [2.45, 2.75) is 31.4 Å². The van der Waals surface area contributed by atoms with Crippen molar-refractivity contribution < 1.29 is 4.79 Å². The lowest BCUT2D eigenvalue weighted by Gasteiger charge is -2.27. The van der Waals surface area contributed by atoms with Crippen LogP contribution in [0.5, 0.6) is 0 Å². The first-order chi connectivity index (χ1) is 11.2. The standard InChI is InChI=1S/C20H25NOS/c1-14-4-2-3-5-17(14)19-8-9-21(10-11-23-19)20(22)18-13-15-6-7-16(18)12-15/h2-7,15-16,18-19H,8-13H2,1H3. The summed E-state index contributed by atoms with van der Waals surface area (Å²) in [6.45, 7) is 4.04. The smallest absolute Gasteiger partial charge is 0.226 e. The van der Waals surface area contributed by atoms with Gasteiger partial charge in [0.2, 0.25) is 5.91 Å². The van der Waals surface area contributed by atoms with Gasteiger partial charge in [-0.1, -0.05) is 36.4 Å². The first-order valence-corrected chi connectivity index (χ1v) is 9.91. The zero-order valence-corrected chi connectivity index (χ0v) is 14.6. The van der Waals surface area contributed by atoms with E-state index < -0.39 is 0 Å². The van der Waals surface area contributed by atoms with Crippen LogP contribution in [0.3, 0.4) is 0 Å². The third kappa shape index (κ3) is 2.96. The number of nitrogens with zero attached hydrogens (tertiary/aromatic N) is 1. The number of fused-ring (bicyclic) bond motifs is 2. The van der Waals surface area contributed by atoms with Crippen LogP contribution < -0.4 is 0 Å².